The maximum atomic E-state index is 13.2. The molecule has 5 rings (SSSR count). The predicted molar refractivity (Wildman–Crippen MR) is 136 cm³/mol. The van der Waals surface area contributed by atoms with Crippen molar-refractivity contribution in [2.75, 3.05) is 13.6 Å². The SMILES string of the molecule is CC(N(C)C(=O)Cn1c(=O)oc2ccc(Cl)cc21)N1CCCC1c1ccc(-c2cccnc2)cc1. The zero-order valence-corrected chi connectivity index (χ0v) is 20.5. The van der Waals surface area contributed by atoms with E-state index in [-0.39, 0.29) is 24.7 Å². The second-order valence-electron chi connectivity index (χ2n) is 8.96. The lowest BCUT2D eigenvalue weighted by atomic mass is 10.00. The minimum absolute atomic E-state index is 0.106. The number of aromatic nitrogens is 2. The summed E-state index contributed by atoms with van der Waals surface area (Å²) < 4.78 is 6.61. The van der Waals surface area contributed by atoms with E-state index in [1.165, 1.54) is 10.1 Å². The first-order valence-corrected chi connectivity index (χ1v) is 12.1. The molecule has 2 aromatic heterocycles. The summed E-state index contributed by atoms with van der Waals surface area (Å²) in [5.41, 5.74) is 4.38. The number of halogens is 1. The summed E-state index contributed by atoms with van der Waals surface area (Å²) in [6, 6.07) is 17.7. The average Bonchev–Trinajstić information content (AvgIpc) is 3.48. The molecule has 0 radical (unpaired) electrons. The molecule has 1 saturated heterocycles. The van der Waals surface area contributed by atoms with Crippen molar-refractivity contribution in [3.63, 3.8) is 0 Å². The van der Waals surface area contributed by atoms with E-state index in [1.807, 2.05) is 19.2 Å². The highest BCUT2D eigenvalue weighted by Crippen LogP contribution is 2.35. The molecule has 7 nitrogen and oxygen atoms in total. The van der Waals surface area contributed by atoms with Crippen molar-refractivity contribution in [3.05, 3.63) is 88.1 Å². The lowest BCUT2D eigenvalue weighted by Crippen LogP contribution is -2.48. The van der Waals surface area contributed by atoms with E-state index in [9.17, 15) is 9.59 Å². The number of nitrogens with zero attached hydrogens (tertiary/aromatic N) is 4. The second kappa shape index (κ2) is 9.68. The smallest absolute Gasteiger partial charge is 0.408 e. The van der Waals surface area contributed by atoms with Crippen molar-refractivity contribution < 1.29 is 9.21 Å². The number of carbonyl (C=O) groups excluding carboxylic acids is 1. The van der Waals surface area contributed by atoms with Crippen molar-refractivity contribution in [1.29, 1.82) is 0 Å². The van der Waals surface area contributed by atoms with Gasteiger partial charge in [-0.05, 0) is 60.7 Å². The van der Waals surface area contributed by atoms with Gasteiger partial charge in [-0.2, -0.15) is 0 Å². The van der Waals surface area contributed by atoms with Crippen LogP contribution < -0.4 is 5.76 Å². The molecule has 4 aromatic rings. The summed E-state index contributed by atoms with van der Waals surface area (Å²) in [5.74, 6) is -0.732. The van der Waals surface area contributed by atoms with E-state index in [4.69, 9.17) is 16.0 Å². The first-order valence-electron chi connectivity index (χ1n) is 11.7. The molecule has 1 fully saturated rings. The number of amides is 1. The Morgan fingerprint density at radius 3 is 2.74 bits per heavy atom. The number of carbonyl (C=O) groups is 1. The zero-order valence-electron chi connectivity index (χ0n) is 19.7. The Morgan fingerprint density at radius 1 is 1.20 bits per heavy atom. The fourth-order valence-corrected chi connectivity index (χ4v) is 5.05. The highest BCUT2D eigenvalue weighted by molar-refractivity contribution is 6.31. The highest BCUT2D eigenvalue weighted by Gasteiger charge is 2.33. The third-order valence-corrected chi connectivity index (χ3v) is 7.18. The van der Waals surface area contributed by atoms with Gasteiger partial charge in [-0.15, -0.1) is 0 Å². The largest absolute Gasteiger partial charge is 0.420 e. The number of fused-ring (bicyclic) bond motifs is 1. The third kappa shape index (κ3) is 4.61. The Bertz CT molecular complexity index is 1400. The monoisotopic (exact) mass is 490 g/mol. The van der Waals surface area contributed by atoms with Gasteiger partial charge in [0.1, 0.15) is 6.54 Å². The molecule has 3 heterocycles. The van der Waals surface area contributed by atoms with Gasteiger partial charge in [0.05, 0.1) is 11.7 Å². The molecular formula is C27H27ClN4O3. The molecule has 0 saturated carbocycles. The van der Waals surface area contributed by atoms with Gasteiger partial charge in [-0.1, -0.05) is 41.9 Å². The molecule has 1 aliphatic heterocycles. The van der Waals surface area contributed by atoms with Crippen molar-refractivity contribution in [2.45, 2.75) is 38.5 Å². The molecule has 0 N–H and O–H groups in total. The summed E-state index contributed by atoms with van der Waals surface area (Å²) in [7, 11) is 1.79. The van der Waals surface area contributed by atoms with Gasteiger partial charge in [0.2, 0.25) is 5.91 Å². The van der Waals surface area contributed by atoms with Crippen LogP contribution in [0.3, 0.4) is 0 Å². The number of rotatable bonds is 6. The molecule has 0 aliphatic carbocycles. The van der Waals surface area contributed by atoms with Crippen molar-refractivity contribution in [3.8, 4) is 11.1 Å². The number of benzene rings is 2. The zero-order chi connectivity index (χ0) is 24.5. The number of likely N-dealkylation sites (N-methyl/N-ethyl adjacent to an activating group) is 1. The average molecular weight is 491 g/mol. The molecule has 2 atom stereocenters. The Morgan fingerprint density at radius 2 is 2.00 bits per heavy atom. The van der Waals surface area contributed by atoms with Crippen LogP contribution in [0.1, 0.15) is 31.4 Å². The lowest BCUT2D eigenvalue weighted by molar-refractivity contribution is -0.136. The molecule has 35 heavy (non-hydrogen) atoms. The number of pyridine rings is 1. The molecule has 8 heteroatoms. The Kier molecular flexibility index (Phi) is 6.45. The summed E-state index contributed by atoms with van der Waals surface area (Å²) in [5, 5.41) is 0.482. The first-order chi connectivity index (χ1) is 16.9. The van der Waals surface area contributed by atoms with E-state index in [0.717, 1.165) is 30.5 Å². The molecule has 1 aliphatic rings. The van der Waals surface area contributed by atoms with Crippen LogP contribution in [0.25, 0.3) is 22.2 Å². The van der Waals surface area contributed by atoms with Gasteiger partial charge in [-0.3, -0.25) is 19.2 Å². The van der Waals surface area contributed by atoms with Gasteiger partial charge in [0.25, 0.3) is 0 Å². The van der Waals surface area contributed by atoms with Crippen molar-refractivity contribution >= 4 is 28.6 Å². The van der Waals surface area contributed by atoms with Gasteiger partial charge >= 0.3 is 5.76 Å². The Hall–Kier alpha value is -3.42. The van der Waals surface area contributed by atoms with E-state index in [1.54, 1.807) is 36.3 Å². The fourth-order valence-electron chi connectivity index (χ4n) is 4.89. The second-order valence-corrected chi connectivity index (χ2v) is 9.40. The van der Waals surface area contributed by atoms with Crippen LogP contribution in [0, 0.1) is 0 Å². The number of hydrogen-bond acceptors (Lipinski definition) is 5. The highest BCUT2D eigenvalue weighted by atomic mass is 35.5. The Balaban J connectivity index is 1.31. The topological polar surface area (TPSA) is 71.6 Å². The molecular weight excluding hydrogens is 464 g/mol. The van der Waals surface area contributed by atoms with Crippen LogP contribution in [0.5, 0.6) is 0 Å². The van der Waals surface area contributed by atoms with E-state index >= 15 is 0 Å². The van der Waals surface area contributed by atoms with Gasteiger partial charge in [-0.25, -0.2) is 4.79 Å². The summed E-state index contributed by atoms with van der Waals surface area (Å²) in [6.07, 6.45) is 5.59. The first kappa shape index (κ1) is 23.3. The van der Waals surface area contributed by atoms with Gasteiger partial charge in [0.15, 0.2) is 5.58 Å². The van der Waals surface area contributed by atoms with Crippen LogP contribution in [0.4, 0.5) is 0 Å². The Labute approximate surface area is 208 Å². The lowest BCUT2D eigenvalue weighted by Gasteiger charge is -2.37. The fraction of sp³-hybridized carbons (Fsp3) is 0.296. The quantitative estimate of drug-likeness (QED) is 0.382. The minimum atomic E-state index is -0.565. The van der Waals surface area contributed by atoms with Gasteiger partial charge in [0, 0.05) is 37.1 Å². The molecule has 0 spiro atoms. The molecule has 180 valence electrons. The van der Waals surface area contributed by atoms with Gasteiger partial charge < -0.3 is 9.32 Å². The number of oxazole rings is 1. The van der Waals surface area contributed by atoms with Crippen LogP contribution in [-0.2, 0) is 11.3 Å². The normalized spacial score (nSPS) is 17.1. The summed E-state index contributed by atoms with van der Waals surface area (Å²) in [4.78, 5) is 33.8. The summed E-state index contributed by atoms with van der Waals surface area (Å²) >= 11 is 6.09. The standard InChI is InChI=1S/C27H27ClN4O3/c1-18(30(2)26(33)17-32-24-15-22(28)11-12-25(24)35-27(32)34)31-14-4-6-23(31)20-9-7-19(8-10-20)21-5-3-13-29-16-21/h3,5,7-13,15-16,18,23H,4,6,14,17H2,1-2H3. The summed E-state index contributed by atoms with van der Waals surface area (Å²) in [6.45, 7) is 2.83. The van der Waals surface area contributed by atoms with E-state index in [0.29, 0.717) is 16.1 Å². The third-order valence-electron chi connectivity index (χ3n) is 6.94. The number of likely N-dealkylation sites (tertiary alicyclic amines) is 1. The van der Waals surface area contributed by atoms with Crippen LogP contribution >= 0.6 is 11.6 Å². The van der Waals surface area contributed by atoms with Crippen LogP contribution in [0.2, 0.25) is 5.02 Å². The minimum Gasteiger partial charge on any atom is -0.408 e. The van der Waals surface area contributed by atoms with Crippen LogP contribution in [0.15, 0.2) is 76.2 Å². The molecule has 0 bridgehead atoms. The molecule has 2 aromatic carbocycles. The molecule has 2 unspecified atom stereocenters. The maximum Gasteiger partial charge on any atom is 0.420 e. The maximum absolute atomic E-state index is 13.2. The van der Waals surface area contributed by atoms with E-state index in [2.05, 4.69) is 40.2 Å². The van der Waals surface area contributed by atoms with Crippen molar-refractivity contribution in [1.82, 2.24) is 19.4 Å². The van der Waals surface area contributed by atoms with Crippen molar-refractivity contribution in [2.24, 2.45) is 0 Å². The number of hydrogen-bond donors (Lipinski definition) is 0. The van der Waals surface area contributed by atoms with E-state index < -0.39 is 5.76 Å². The predicted octanol–water partition coefficient (Wildman–Crippen LogP) is 4.95. The van der Waals surface area contributed by atoms with Crippen LogP contribution in [-0.4, -0.2) is 45.0 Å². The molecule has 1 amide bonds.